The molecule has 0 aliphatic rings. The molecule has 0 aliphatic carbocycles. The van der Waals surface area contributed by atoms with Gasteiger partial charge in [-0.1, -0.05) is 0 Å². The number of pyridine rings is 1. The van der Waals surface area contributed by atoms with Crippen LogP contribution in [0.25, 0.3) is 0 Å². The summed E-state index contributed by atoms with van der Waals surface area (Å²) in [5.41, 5.74) is -3.58. The third kappa shape index (κ3) is 3.48. The molecule has 0 radical (unpaired) electrons. The van der Waals surface area contributed by atoms with Crippen LogP contribution in [0.15, 0.2) is 34.9 Å². The normalized spacial score (nSPS) is 14.2. The molecule has 1 unspecified atom stereocenters. The van der Waals surface area contributed by atoms with Gasteiger partial charge in [0.15, 0.2) is 0 Å². The number of furan rings is 1. The first kappa shape index (κ1) is 17.7. The van der Waals surface area contributed by atoms with Crippen molar-refractivity contribution in [1.82, 2.24) is 4.98 Å². The Morgan fingerprint density at radius 3 is 2.62 bits per heavy atom. The molecule has 0 fully saturated rings. The van der Waals surface area contributed by atoms with Gasteiger partial charge >= 0.3 is 11.9 Å². The molecule has 0 aliphatic heterocycles. The number of anilines is 1. The van der Waals surface area contributed by atoms with E-state index in [1.54, 1.807) is 0 Å². The van der Waals surface area contributed by atoms with Gasteiger partial charge in [0.2, 0.25) is 11.4 Å². The van der Waals surface area contributed by atoms with Crippen LogP contribution < -0.4 is 5.32 Å². The van der Waals surface area contributed by atoms with E-state index in [1.807, 2.05) is 0 Å². The predicted molar refractivity (Wildman–Crippen MR) is 77.4 cm³/mol. The Kier molecular flexibility index (Phi) is 4.78. The van der Waals surface area contributed by atoms with Crippen LogP contribution in [0.3, 0.4) is 0 Å². The third-order valence-electron chi connectivity index (χ3n) is 3.38. The van der Waals surface area contributed by atoms with E-state index >= 15 is 0 Å². The maximum Gasteiger partial charge on any atom is 0.424 e. The minimum atomic E-state index is -4.98. The molecule has 7 nitrogen and oxygen atoms in total. The number of aliphatic hydroxyl groups is 1. The van der Waals surface area contributed by atoms with Gasteiger partial charge in [0.05, 0.1) is 4.92 Å². The average molecular weight is 345 g/mol. The van der Waals surface area contributed by atoms with Crippen molar-refractivity contribution in [3.63, 3.8) is 0 Å². The van der Waals surface area contributed by atoms with Crippen molar-refractivity contribution in [2.24, 2.45) is 0 Å². The summed E-state index contributed by atoms with van der Waals surface area (Å²) in [6, 6.07) is 4.86. The number of alkyl halides is 3. The molecule has 2 N–H and O–H groups in total. The van der Waals surface area contributed by atoms with Gasteiger partial charge in [0.1, 0.15) is 11.5 Å². The van der Waals surface area contributed by atoms with Crippen LogP contribution in [0.1, 0.15) is 17.9 Å². The molecule has 0 saturated carbocycles. The molecule has 130 valence electrons. The first-order valence-electron chi connectivity index (χ1n) is 6.84. The van der Waals surface area contributed by atoms with E-state index in [9.17, 15) is 28.4 Å². The maximum atomic E-state index is 13.3. The number of halogens is 3. The lowest BCUT2D eigenvalue weighted by Gasteiger charge is -2.28. The van der Waals surface area contributed by atoms with E-state index in [1.165, 1.54) is 31.3 Å². The summed E-state index contributed by atoms with van der Waals surface area (Å²) < 4.78 is 44.7. The Bertz CT molecular complexity index is 732. The zero-order valence-electron chi connectivity index (χ0n) is 12.5. The largest absolute Gasteiger partial charge is 0.463 e. The number of rotatable bonds is 6. The second kappa shape index (κ2) is 6.48. The fourth-order valence-corrected chi connectivity index (χ4v) is 2.10. The molecule has 1 atom stereocenters. The number of nitrogens with zero attached hydrogens (tertiary/aromatic N) is 2. The molecule has 0 bridgehead atoms. The number of nitro groups is 1. The van der Waals surface area contributed by atoms with Crippen molar-refractivity contribution in [1.29, 1.82) is 0 Å². The number of hydrogen-bond donors (Lipinski definition) is 2. The number of hydrogen-bond acceptors (Lipinski definition) is 6. The molecule has 0 amide bonds. The summed E-state index contributed by atoms with van der Waals surface area (Å²) in [4.78, 5) is 13.9. The molecular formula is C14H14F3N3O4. The molecule has 0 saturated heterocycles. The van der Waals surface area contributed by atoms with E-state index in [4.69, 9.17) is 4.42 Å². The fraction of sp³-hybridized carbons (Fsp3) is 0.357. The smallest absolute Gasteiger partial charge is 0.424 e. The summed E-state index contributed by atoms with van der Waals surface area (Å²) in [5.74, 6) is -0.589. The molecule has 0 spiro atoms. The highest BCUT2D eigenvalue weighted by atomic mass is 19.4. The Labute approximate surface area is 134 Å². The monoisotopic (exact) mass is 345 g/mol. The number of aromatic nitrogens is 1. The first-order valence-corrected chi connectivity index (χ1v) is 6.84. The second-order valence-corrected chi connectivity index (χ2v) is 5.07. The van der Waals surface area contributed by atoms with Gasteiger partial charge in [-0.2, -0.15) is 13.2 Å². The SMILES string of the molecule is Cc1ccc(C(O)(CCNc2ncccc2[N+](=O)[O-])C(F)(F)F)o1. The fourth-order valence-electron chi connectivity index (χ4n) is 2.10. The third-order valence-corrected chi connectivity index (χ3v) is 3.38. The van der Waals surface area contributed by atoms with E-state index in [2.05, 4.69) is 10.3 Å². The molecule has 2 heterocycles. The minimum Gasteiger partial charge on any atom is -0.463 e. The van der Waals surface area contributed by atoms with Gasteiger partial charge in [-0.05, 0) is 25.1 Å². The van der Waals surface area contributed by atoms with Crippen LogP contribution in [0.4, 0.5) is 24.7 Å². The summed E-state index contributed by atoms with van der Waals surface area (Å²) in [7, 11) is 0. The highest BCUT2D eigenvalue weighted by Crippen LogP contribution is 2.42. The molecule has 2 aromatic rings. The quantitative estimate of drug-likeness (QED) is 0.616. The summed E-state index contributed by atoms with van der Waals surface area (Å²) in [6.07, 6.45) is -4.52. The Morgan fingerprint density at radius 2 is 2.08 bits per heavy atom. The van der Waals surface area contributed by atoms with Gasteiger partial charge in [0, 0.05) is 25.2 Å². The first-order chi connectivity index (χ1) is 11.1. The summed E-state index contributed by atoms with van der Waals surface area (Å²) in [6.45, 7) is 1.05. The minimum absolute atomic E-state index is 0.178. The summed E-state index contributed by atoms with van der Waals surface area (Å²) in [5, 5.41) is 23.4. The van der Waals surface area contributed by atoms with Gasteiger partial charge in [0.25, 0.3) is 0 Å². The highest BCUT2D eigenvalue weighted by Gasteiger charge is 2.56. The van der Waals surface area contributed by atoms with Crippen molar-refractivity contribution in [3.8, 4) is 0 Å². The van der Waals surface area contributed by atoms with Crippen LogP contribution in [0, 0.1) is 17.0 Å². The zero-order chi connectivity index (χ0) is 18.0. The van der Waals surface area contributed by atoms with Crippen LogP contribution in [-0.2, 0) is 5.60 Å². The molecule has 2 rings (SSSR count). The zero-order valence-corrected chi connectivity index (χ0v) is 12.5. The van der Waals surface area contributed by atoms with Gasteiger partial charge in [-0.25, -0.2) is 4.98 Å². The predicted octanol–water partition coefficient (Wildman–Crippen LogP) is 3.14. The van der Waals surface area contributed by atoms with E-state index in [-0.39, 0.29) is 17.3 Å². The second-order valence-electron chi connectivity index (χ2n) is 5.07. The van der Waals surface area contributed by atoms with Gasteiger partial charge < -0.3 is 14.8 Å². The van der Waals surface area contributed by atoms with Crippen LogP contribution in [0.5, 0.6) is 0 Å². The standard InChI is InChI=1S/C14H14F3N3O4/c1-9-4-5-11(24-9)13(21,14(15,16)17)6-8-19-12-10(20(22)23)3-2-7-18-12/h2-5,7,21H,6,8H2,1H3,(H,18,19). The van der Waals surface area contributed by atoms with E-state index < -0.39 is 35.4 Å². The Balaban J connectivity index is 2.17. The number of aryl methyl sites for hydroxylation is 1. The van der Waals surface area contributed by atoms with Crippen LogP contribution in [-0.4, -0.2) is 27.7 Å². The Hall–Kier alpha value is -2.62. The number of nitrogens with one attached hydrogen (secondary N) is 1. The Morgan fingerprint density at radius 1 is 1.38 bits per heavy atom. The van der Waals surface area contributed by atoms with Crippen molar-refractivity contribution in [2.75, 3.05) is 11.9 Å². The average Bonchev–Trinajstić information content (AvgIpc) is 2.93. The van der Waals surface area contributed by atoms with E-state index in [0.717, 1.165) is 6.07 Å². The van der Waals surface area contributed by atoms with Crippen molar-refractivity contribution in [3.05, 3.63) is 52.1 Å². The van der Waals surface area contributed by atoms with Crippen molar-refractivity contribution < 1.29 is 27.6 Å². The van der Waals surface area contributed by atoms with Crippen LogP contribution in [0.2, 0.25) is 0 Å². The topological polar surface area (TPSA) is 101 Å². The lowest BCUT2D eigenvalue weighted by atomic mass is 9.95. The highest BCUT2D eigenvalue weighted by molar-refractivity contribution is 5.55. The maximum absolute atomic E-state index is 13.3. The van der Waals surface area contributed by atoms with Crippen molar-refractivity contribution in [2.45, 2.75) is 25.1 Å². The summed E-state index contributed by atoms with van der Waals surface area (Å²) >= 11 is 0. The molecule has 24 heavy (non-hydrogen) atoms. The lowest BCUT2D eigenvalue weighted by molar-refractivity contribution is -0.384. The van der Waals surface area contributed by atoms with Crippen molar-refractivity contribution >= 4 is 11.5 Å². The molecule has 0 aromatic carbocycles. The molecular weight excluding hydrogens is 331 g/mol. The molecule has 2 aromatic heterocycles. The lowest BCUT2D eigenvalue weighted by Crippen LogP contribution is -2.43. The van der Waals surface area contributed by atoms with Gasteiger partial charge in [-0.3, -0.25) is 10.1 Å². The van der Waals surface area contributed by atoms with Gasteiger partial charge in [-0.15, -0.1) is 0 Å². The van der Waals surface area contributed by atoms with Crippen LogP contribution >= 0.6 is 0 Å². The van der Waals surface area contributed by atoms with E-state index in [0.29, 0.717) is 0 Å². The molecule has 10 heteroatoms.